The number of benzene rings is 1. The molecule has 1 N–H and O–H groups in total. The second-order valence-corrected chi connectivity index (χ2v) is 5.38. The smallest absolute Gasteiger partial charge is 0.366 e. The van der Waals surface area contributed by atoms with Crippen LogP contribution in [0.4, 0.5) is 13.2 Å². The van der Waals surface area contributed by atoms with E-state index < -0.39 is 17.3 Å². The number of amides is 1. The van der Waals surface area contributed by atoms with E-state index in [2.05, 4.69) is 5.32 Å². The molecule has 0 aliphatic rings. The maximum Gasteiger partial charge on any atom is 0.416 e. The highest BCUT2D eigenvalue weighted by atomic mass is 19.4. The predicted molar refractivity (Wildman–Crippen MR) is 69.0 cm³/mol. The first kappa shape index (κ1) is 16.5. The van der Waals surface area contributed by atoms with Crippen LogP contribution in [0, 0.1) is 0 Å². The van der Waals surface area contributed by atoms with E-state index in [1.807, 2.05) is 20.8 Å². The fourth-order valence-corrected chi connectivity index (χ4v) is 1.39. The van der Waals surface area contributed by atoms with Crippen molar-refractivity contribution >= 4 is 5.91 Å². The summed E-state index contributed by atoms with van der Waals surface area (Å²) in [5.41, 5.74) is -0.771. The molecule has 0 radical (unpaired) electrons. The van der Waals surface area contributed by atoms with E-state index in [4.69, 9.17) is 4.74 Å². The van der Waals surface area contributed by atoms with E-state index in [9.17, 15) is 18.0 Å². The number of carbonyl (C=O) groups excluding carboxylic acids is 1. The average Bonchev–Trinajstić information content (AvgIpc) is 2.32. The summed E-state index contributed by atoms with van der Waals surface area (Å²) < 4.78 is 42.8. The summed E-state index contributed by atoms with van der Waals surface area (Å²) in [5, 5.41) is 2.52. The molecule has 0 heterocycles. The topological polar surface area (TPSA) is 38.3 Å². The second-order valence-electron chi connectivity index (χ2n) is 5.38. The molecule has 0 unspecified atom stereocenters. The third-order valence-corrected chi connectivity index (χ3v) is 2.38. The SMILES string of the molecule is CC(C)(C)OCC(=O)NCc1cccc(C(F)(F)F)c1. The lowest BCUT2D eigenvalue weighted by molar-refractivity contribution is -0.137. The Morgan fingerprint density at radius 3 is 2.45 bits per heavy atom. The molecule has 1 rings (SSSR count). The molecule has 1 amide bonds. The fraction of sp³-hybridized carbons (Fsp3) is 0.500. The Kier molecular flexibility index (Phi) is 5.16. The molecule has 0 saturated carbocycles. The minimum atomic E-state index is -4.38. The van der Waals surface area contributed by atoms with E-state index >= 15 is 0 Å². The second kappa shape index (κ2) is 6.26. The molecule has 0 saturated heterocycles. The molecule has 0 aliphatic heterocycles. The zero-order chi connectivity index (χ0) is 15.4. The van der Waals surface area contributed by atoms with Crippen LogP contribution in [-0.4, -0.2) is 18.1 Å². The van der Waals surface area contributed by atoms with Crippen LogP contribution in [0.15, 0.2) is 24.3 Å². The highest BCUT2D eigenvalue weighted by Crippen LogP contribution is 2.29. The summed E-state index contributed by atoms with van der Waals surface area (Å²) in [7, 11) is 0. The maximum absolute atomic E-state index is 12.5. The summed E-state index contributed by atoms with van der Waals surface area (Å²) in [6.45, 7) is 5.35. The van der Waals surface area contributed by atoms with Crippen molar-refractivity contribution in [1.82, 2.24) is 5.32 Å². The average molecular weight is 289 g/mol. The molecular formula is C14H18F3NO2. The van der Waals surface area contributed by atoms with Gasteiger partial charge in [-0.2, -0.15) is 13.2 Å². The van der Waals surface area contributed by atoms with Gasteiger partial charge in [0.25, 0.3) is 0 Å². The van der Waals surface area contributed by atoms with Gasteiger partial charge in [-0.1, -0.05) is 12.1 Å². The quantitative estimate of drug-likeness (QED) is 0.924. The van der Waals surface area contributed by atoms with Crippen molar-refractivity contribution in [2.24, 2.45) is 0 Å². The fourth-order valence-electron chi connectivity index (χ4n) is 1.39. The Balaban J connectivity index is 2.52. The largest absolute Gasteiger partial charge is 0.416 e. The van der Waals surface area contributed by atoms with Gasteiger partial charge in [0.05, 0.1) is 11.2 Å². The van der Waals surface area contributed by atoms with Crippen molar-refractivity contribution < 1.29 is 22.7 Å². The van der Waals surface area contributed by atoms with Gasteiger partial charge in [0.1, 0.15) is 6.61 Å². The Hall–Kier alpha value is -1.56. The van der Waals surface area contributed by atoms with Crippen LogP contribution >= 0.6 is 0 Å². The maximum atomic E-state index is 12.5. The Labute approximate surface area is 116 Å². The number of halogens is 3. The molecule has 0 bridgehead atoms. The molecule has 3 nitrogen and oxygen atoms in total. The molecule has 1 aromatic rings. The first-order valence-corrected chi connectivity index (χ1v) is 6.15. The van der Waals surface area contributed by atoms with Crippen molar-refractivity contribution in [3.63, 3.8) is 0 Å². The molecule has 1 aromatic carbocycles. The minimum absolute atomic E-state index is 0.0380. The van der Waals surface area contributed by atoms with Crippen molar-refractivity contribution in [2.75, 3.05) is 6.61 Å². The lowest BCUT2D eigenvalue weighted by Crippen LogP contribution is -2.31. The zero-order valence-electron chi connectivity index (χ0n) is 11.7. The molecule has 6 heteroatoms. The van der Waals surface area contributed by atoms with Gasteiger partial charge in [0.2, 0.25) is 5.91 Å². The summed E-state index contributed by atoms with van der Waals surface area (Å²) in [6, 6.07) is 4.86. The Bertz CT molecular complexity index is 464. The number of hydrogen-bond acceptors (Lipinski definition) is 2. The predicted octanol–water partition coefficient (Wildman–Crippen LogP) is 3.14. The summed E-state index contributed by atoms with van der Waals surface area (Å²) >= 11 is 0. The van der Waals surface area contributed by atoms with Gasteiger partial charge in [0.15, 0.2) is 0 Å². The van der Waals surface area contributed by atoms with Crippen molar-refractivity contribution in [3.8, 4) is 0 Å². The van der Waals surface area contributed by atoms with Crippen LogP contribution in [0.1, 0.15) is 31.9 Å². The third kappa shape index (κ3) is 6.06. The zero-order valence-corrected chi connectivity index (χ0v) is 11.7. The summed E-state index contributed by atoms with van der Waals surface area (Å²) in [5.74, 6) is -0.364. The van der Waals surface area contributed by atoms with E-state index in [0.29, 0.717) is 5.56 Å². The molecule has 112 valence electrons. The van der Waals surface area contributed by atoms with Gasteiger partial charge >= 0.3 is 6.18 Å². The van der Waals surface area contributed by atoms with Crippen LogP contribution < -0.4 is 5.32 Å². The van der Waals surface area contributed by atoms with Crippen molar-refractivity contribution in [2.45, 2.75) is 39.1 Å². The van der Waals surface area contributed by atoms with Crippen LogP contribution in [-0.2, 0) is 22.3 Å². The number of alkyl halides is 3. The number of ether oxygens (including phenoxy) is 1. The van der Waals surface area contributed by atoms with Crippen LogP contribution in [0.25, 0.3) is 0 Å². The first-order chi connectivity index (χ1) is 9.08. The molecule has 0 atom stereocenters. The molecule has 0 aromatic heterocycles. The highest BCUT2D eigenvalue weighted by Gasteiger charge is 2.30. The first-order valence-electron chi connectivity index (χ1n) is 6.15. The normalized spacial score (nSPS) is 12.3. The minimum Gasteiger partial charge on any atom is -0.366 e. The molecule has 20 heavy (non-hydrogen) atoms. The number of carbonyl (C=O) groups is 1. The Morgan fingerprint density at radius 1 is 1.25 bits per heavy atom. The number of rotatable bonds is 4. The number of nitrogens with one attached hydrogen (secondary N) is 1. The van der Waals surface area contributed by atoms with Gasteiger partial charge in [-0.15, -0.1) is 0 Å². The van der Waals surface area contributed by atoms with Crippen LogP contribution in [0.3, 0.4) is 0 Å². The van der Waals surface area contributed by atoms with E-state index in [1.54, 1.807) is 0 Å². The van der Waals surface area contributed by atoms with Gasteiger partial charge in [-0.3, -0.25) is 4.79 Å². The lowest BCUT2D eigenvalue weighted by Gasteiger charge is -2.19. The van der Waals surface area contributed by atoms with Gasteiger partial charge < -0.3 is 10.1 Å². The Morgan fingerprint density at radius 2 is 1.90 bits per heavy atom. The lowest BCUT2D eigenvalue weighted by atomic mass is 10.1. The van der Waals surface area contributed by atoms with E-state index in [0.717, 1.165) is 12.1 Å². The van der Waals surface area contributed by atoms with E-state index in [1.165, 1.54) is 12.1 Å². The summed E-state index contributed by atoms with van der Waals surface area (Å²) in [4.78, 5) is 11.5. The van der Waals surface area contributed by atoms with Gasteiger partial charge in [-0.25, -0.2) is 0 Å². The molecule has 0 spiro atoms. The van der Waals surface area contributed by atoms with Crippen molar-refractivity contribution in [1.29, 1.82) is 0 Å². The summed E-state index contributed by atoms with van der Waals surface area (Å²) in [6.07, 6.45) is -4.38. The van der Waals surface area contributed by atoms with Crippen molar-refractivity contribution in [3.05, 3.63) is 35.4 Å². The molecule has 0 aliphatic carbocycles. The molecule has 0 fully saturated rings. The van der Waals surface area contributed by atoms with E-state index in [-0.39, 0.29) is 19.1 Å². The van der Waals surface area contributed by atoms with Gasteiger partial charge in [0, 0.05) is 6.54 Å². The highest BCUT2D eigenvalue weighted by molar-refractivity contribution is 5.77. The third-order valence-electron chi connectivity index (χ3n) is 2.38. The van der Waals surface area contributed by atoms with Crippen LogP contribution in [0.2, 0.25) is 0 Å². The number of hydrogen-bond donors (Lipinski definition) is 1. The van der Waals surface area contributed by atoms with Gasteiger partial charge in [-0.05, 0) is 38.5 Å². The van der Waals surface area contributed by atoms with Crippen LogP contribution in [0.5, 0.6) is 0 Å². The monoisotopic (exact) mass is 289 g/mol. The molecular weight excluding hydrogens is 271 g/mol. The standard InChI is InChI=1S/C14H18F3NO2/c1-13(2,3)20-9-12(19)18-8-10-5-4-6-11(7-10)14(15,16)17/h4-7H,8-9H2,1-3H3,(H,18,19).